The number of carbonyl (C=O) groups is 1. The molecule has 1 aliphatic carbocycles. The van der Waals surface area contributed by atoms with E-state index in [0.29, 0.717) is 29.2 Å². The molecule has 0 unspecified atom stereocenters. The zero-order chi connectivity index (χ0) is 20.2. The van der Waals surface area contributed by atoms with Crippen LogP contribution in [0.15, 0.2) is 29.1 Å². The number of likely N-dealkylation sites (tertiary alicyclic amines) is 1. The Bertz CT molecular complexity index is 971. The van der Waals surface area contributed by atoms with Gasteiger partial charge in [0.15, 0.2) is 4.77 Å². The van der Waals surface area contributed by atoms with Gasteiger partial charge in [0.05, 0.1) is 10.9 Å². The number of nitrogens with zero attached hydrogens (tertiary/aromatic N) is 2. The monoisotopic (exact) mass is 414 g/mol. The molecule has 0 radical (unpaired) electrons. The van der Waals surface area contributed by atoms with E-state index in [2.05, 4.69) is 15.2 Å². The van der Waals surface area contributed by atoms with Gasteiger partial charge in [-0.15, -0.1) is 0 Å². The summed E-state index contributed by atoms with van der Waals surface area (Å²) in [6, 6.07) is 8.60. The van der Waals surface area contributed by atoms with E-state index in [4.69, 9.17) is 12.2 Å². The molecule has 1 amide bonds. The molecule has 1 saturated heterocycles. The third kappa shape index (κ3) is 5.14. The van der Waals surface area contributed by atoms with Crippen LogP contribution in [0.3, 0.4) is 0 Å². The van der Waals surface area contributed by atoms with Crippen molar-refractivity contribution in [1.82, 2.24) is 19.8 Å². The van der Waals surface area contributed by atoms with Crippen LogP contribution in [0.2, 0.25) is 0 Å². The van der Waals surface area contributed by atoms with Gasteiger partial charge in [0.2, 0.25) is 5.91 Å². The van der Waals surface area contributed by atoms with Crippen LogP contribution in [0.1, 0.15) is 51.4 Å². The quantitative estimate of drug-likeness (QED) is 0.513. The number of H-pyrrole nitrogens is 1. The number of rotatable bonds is 8. The van der Waals surface area contributed by atoms with E-state index in [9.17, 15) is 9.59 Å². The van der Waals surface area contributed by atoms with Crippen molar-refractivity contribution in [2.75, 3.05) is 13.1 Å². The molecule has 7 heteroatoms. The van der Waals surface area contributed by atoms with Crippen LogP contribution in [-0.4, -0.2) is 45.5 Å². The molecule has 1 aromatic heterocycles. The van der Waals surface area contributed by atoms with Crippen molar-refractivity contribution < 1.29 is 4.79 Å². The van der Waals surface area contributed by atoms with Crippen molar-refractivity contribution in [3.8, 4) is 0 Å². The molecule has 2 aliphatic rings. The van der Waals surface area contributed by atoms with Gasteiger partial charge in [-0.1, -0.05) is 18.6 Å². The summed E-state index contributed by atoms with van der Waals surface area (Å²) in [5, 5.41) is 3.86. The van der Waals surface area contributed by atoms with Crippen molar-refractivity contribution in [3.05, 3.63) is 39.4 Å². The van der Waals surface area contributed by atoms with Crippen LogP contribution in [0.4, 0.5) is 0 Å². The fourth-order valence-electron chi connectivity index (χ4n) is 4.28. The molecule has 2 N–H and O–H groups in total. The molecule has 2 heterocycles. The van der Waals surface area contributed by atoms with Gasteiger partial charge >= 0.3 is 0 Å². The average Bonchev–Trinajstić information content (AvgIpc) is 3.56. The van der Waals surface area contributed by atoms with E-state index in [1.54, 1.807) is 4.57 Å². The van der Waals surface area contributed by atoms with Crippen LogP contribution >= 0.6 is 12.2 Å². The fourth-order valence-corrected chi connectivity index (χ4v) is 4.57. The molecule has 4 rings (SSSR count). The first-order valence-electron chi connectivity index (χ1n) is 10.9. The van der Waals surface area contributed by atoms with Gasteiger partial charge < -0.3 is 15.2 Å². The maximum atomic E-state index is 12.6. The van der Waals surface area contributed by atoms with E-state index in [1.165, 1.54) is 12.8 Å². The maximum absolute atomic E-state index is 12.6. The lowest BCUT2D eigenvalue weighted by atomic mass is 10.0. The van der Waals surface area contributed by atoms with Crippen LogP contribution in [0.25, 0.3) is 10.9 Å². The van der Waals surface area contributed by atoms with E-state index < -0.39 is 0 Å². The van der Waals surface area contributed by atoms with E-state index in [1.807, 2.05) is 24.3 Å². The van der Waals surface area contributed by atoms with Gasteiger partial charge in [-0.2, -0.15) is 0 Å². The molecule has 1 saturated carbocycles. The van der Waals surface area contributed by atoms with Gasteiger partial charge in [0.1, 0.15) is 0 Å². The average molecular weight is 415 g/mol. The minimum absolute atomic E-state index is 0.0420. The van der Waals surface area contributed by atoms with Crippen LogP contribution in [0, 0.1) is 4.77 Å². The van der Waals surface area contributed by atoms with Gasteiger partial charge in [-0.3, -0.25) is 14.2 Å². The van der Waals surface area contributed by atoms with E-state index in [-0.39, 0.29) is 11.5 Å². The molecule has 0 bridgehead atoms. The number of nitrogens with one attached hydrogen (secondary N) is 2. The van der Waals surface area contributed by atoms with Crippen molar-refractivity contribution in [1.29, 1.82) is 0 Å². The van der Waals surface area contributed by atoms with Crippen LogP contribution in [0.5, 0.6) is 0 Å². The summed E-state index contributed by atoms with van der Waals surface area (Å²) in [5.41, 5.74) is 0.734. The number of aromatic amines is 1. The summed E-state index contributed by atoms with van der Waals surface area (Å²) < 4.78 is 2.09. The lowest BCUT2D eigenvalue weighted by molar-refractivity contribution is -0.122. The van der Waals surface area contributed by atoms with Crippen molar-refractivity contribution in [3.63, 3.8) is 0 Å². The smallest absolute Gasteiger partial charge is 0.262 e. The van der Waals surface area contributed by atoms with Gasteiger partial charge in [0.25, 0.3) is 5.56 Å². The first-order chi connectivity index (χ1) is 14.1. The second-order valence-corrected chi connectivity index (χ2v) is 8.74. The van der Waals surface area contributed by atoms with Crippen molar-refractivity contribution >= 4 is 29.0 Å². The van der Waals surface area contributed by atoms with Crippen LogP contribution in [-0.2, 0) is 11.3 Å². The molecular weight excluding hydrogens is 384 g/mol. The predicted octanol–water partition coefficient (Wildman–Crippen LogP) is 3.36. The SMILES string of the molecule is O=C(CCCCCn1c(=S)[nH]c2ccccc2c1=O)NC1CCN(C2CC2)CC1. The highest BCUT2D eigenvalue weighted by Crippen LogP contribution is 2.29. The van der Waals surface area contributed by atoms with Crippen LogP contribution < -0.4 is 10.9 Å². The third-order valence-corrected chi connectivity index (χ3v) is 6.46. The summed E-state index contributed by atoms with van der Waals surface area (Å²) in [6.07, 6.45) is 8.00. The fraction of sp³-hybridized carbons (Fsp3) is 0.591. The predicted molar refractivity (Wildman–Crippen MR) is 118 cm³/mol. The number of amides is 1. The van der Waals surface area contributed by atoms with Gasteiger partial charge in [-0.05, 0) is 62.9 Å². The van der Waals surface area contributed by atoms with E-state index in [0.717, 1.165) is 56.8 Å². The van der Waals surface area contributed by atoms with Crippen molar-refractivity contribution in [2.24, 2.45) is 0 Å². The number of fused-ring (bicyclic) bond motifs is 1. The number of unbranched alkanes of at least 4 members (excludes halogenated alkanes) is 2. The number of carbonyl (C=O) groups excluding carboxylic acids is 1. The van der Waals surface area contributed by atoms with E-state index >= 15 is 0 Å². The highest BCUT2D eigenvalue weighted by Gasteiger charge is 2.31. The summed E-state index contributed by atoms with van der Waals surface area (Å²) >= 11 is 5.35. The normalized spacial score (nSPS) is 18.2. The minimum Gasteiger partial charge on any atom is -0.353 e. The molecule has 1 aliphatic heterocycles. The number of piperidine rings is 1. The number of hydrogen-bond donors (Lipinski definition) is 2. The Hall–Kier alpha value is -1.99. The molecule has 6 nitrogen and oxygen atoms in total. The first-order valence-corrected chi connectivity index (χ1v) is 11.3. The molecule has 0 spiro atoms. The Labute approximate surface area is 176 Å². The zero-order valence-corrected chi connectivity index (χ0v) is 17.7. The zero-order valence-electron chi connectivity index (χ0n) is 16.9. The summed E-state index contributed by atoms with van der Waals surface area (Å²) in [7, 11) is 0. The second kappa shape index (κ2) is 9.22. The Morgan fingerprint density at radius 1 is 1.10 bits per heavy atom. The third-order valence-electron chi connectivity index (χ3n) is 6.13. The largest absolute Gasteiger partial charge is 0.353 e. The molecule has 1 aromatic carbocycles. The lowest BCUT2D eigenvalue weighted by Crippen LogP contribution is -2.45. The highest BCUT2D eigenvalue weighted by atomic mass is 32.1. The summed E-state index contributed by atoms with van der Waals surface area (Å²) in [5.74, 6) is 0.162. The summed E-state index contributed by atoms with van der Waals surface area (Å²) in [4.78, 5) is 30.5. The Morgan fingerprint density at radius 3 is 2.62 bits per heavy atom. The molecule has 2 fully saturated rings. The summed E-state index contributed by atoms with van der Waals surface area (Å²) in [6.45, 7) is 2.83. The standard InChI is InChI=1S/C22H30N4O2S/c27-20(23-16-11-14-25(15-12-16)17-9-10-17)8-2-1-5-13-26-21(28)18-6-3-4-7-19(18)24-22(26)29/h3-4,6-7,16-17H,1-2,5,8-15H2,(H,23,27)(H,24,29). The Balaban J connectivity index is 1.17. The number of hydrogen-bond acceptors (Lipinski definition) is 4. The topological polar surface area (TPSA) is 70.1 Å². The second-order valence-electron chi connectivity index (χ2n) is 8.35. The Morgan fingerprint density at radius 2 is 1.86 bits per heavy atom. The molecule has 29 heavy (non-hydrogen) atoms. The first kappa shape index (κ1) is 20.3. The number of aromatic nitrogens is 2. The van der Waals surface area contributed by atoms with Gasteiger partial charge in [0, 0.05) is 38.1 Å². The van der Waals surface area contributed by atoms with Crippen molar-refractivity contribution in [2.45, 2.75) is 70.0 Å². The molecule has 2 aromatic rings. The number of benzene rings is 1. The minimum atomic E-state index is -0.0420. The van der Waals surface area contributed by atoms with Gasteiger partial charge in [-0.25, -0.2) is 0 Å². The maximum Gasteiger partial charge on any atom is 0.262 e. The lowest BCUT2D eigenvalue weighted by Gasteiger charge is -2.32. The molecule has 156 valence electrons. The highest BCUT2D eigenvalue weighted by molar-refractivity contribution is 7.71. The molecule has 0 atom stereocenters. The number of para-hydroxylation sites is 1. The molecular formula is C22H30N4O2S. The Kier molecular flexibility index (Phi) is 6.45.